The smallest absolute Gasteiger partial charge is 0.258 e. The summed E-state index contributed by atoms with van der Waals surface area (Å²) in [6.45, 7) is 0. The second kappa shape index (κ2) is 5.14. The Hall–Kier alpha value is -1.30. The number of sulfone groups is 1. The molecular weight excluding hydrogens is 294 g/mol. The van der Waals surface area contributed by atoms with Gasteiger partial charge in [0.15, 0.2) is 18.3 Å². The van der Waals surface area contributed by atoms with Crippen LogP contribution in [0.5, 0.6) is 0 Å². The van der Waals surface area contributed by atoms with E-state index in [0.29, 0.717) is 0 Å². The Balaban J connectivity index is 2.89. The molecule has 18 heavy (non-hydrogen) atoms. The van der Waals surface area contributed by atoms with Gasteiger partial charge in [0.1, 0.15) is 0 Å². The molecule has 0 radical (unpaired) electrons. The average Bonchev–Trinajstić information content (AvgIpc) is 2.26. The molecule has 0 saturated carbocycles. The maximum Gasteiger partial charge on any atom is 0.617 e. The number of hydrogen-bond donors (Lipinski definition) is 3. The van der Waals surface area contributed by atoms with Crippen LogP contribution in [-0.2, 0) is 14.1 Å². The molecule has 0 aromatic heterocycles. The van der Waals surface area contributed by atoms with E-state index in [4.69, 9.17) is 14.0 Å². The van der Waals surface area contributed by atoms with Crippen molar-refractivity contribution in [2.24, 2.45) is 0 Å². The number of rotatable bonds is 5. The van der Waals surface area contributed by atoms with Gasteiger partial charge in [-0.3, -0.25) is 10.1 Å². The zero-order chi connectivity index (χ0) is 14.0. The van der Waals surface area contributed by atoms with Crippen molar-refractivity contribution >= 4 is 15.5 Å². The van der Waals surface area contributed by atoms with Gasteiger partial charge in [-0.05, 0) is 12.1 Å². The van der Waals surface area contributed by atoms with Crippen LogP contribution in [0.1, 0.15) is 0 Å². The van der Waals surface area contributed by atoms with Gasteiger partial charge in [-0.2, -0.15) is 0 Å². The Labute approximate surface area is 103 Å². The van der Waals surface area contributed by atoms with E-state index in [1.807, 2.05) is 0 Å². The molecule has 0 atom stereocenters. The van der Waals surface area contributed by atoms with Gasteiger partial charge in [0.2, 0.25) is 9.84 Å². The lowest BCUT2D eigenvalue weighted by Crippen LogP contribution is -2.26. The van der Waals surface area contributed by atoms with E-state index in [1.165, 1.54) is 0 Å². The van der Waals surface area contributed by atoms with E-state index in [-0.39, 0.29) is 10.6 Å². The van der Waals surface area contributed by atoms with Crippen molar-refractivity contribution in [3.8, 4) is 0 Å². The molecule has 0 spiro atoms. The first-order valence-corrected chi connectivity index (χ1v) is 7.16. The molecule has 11 heteroatoms. The van der Waals surface area contributed by atoms with Crippen molar-refractivity contribution in [2.75, 3.05) is 5.94 Å². The van der Waals surface area contributed by atoms with E-state index in [1.54, 1.807) is 0 Å². The molecule has 0 unspecified atom stereocenters. The molecule has 1 aromatic rings. The molecule has 0 heterocycles. The van der Waals surface area contributed by atoms with Crippen molar-refractivity contribution in [1.29, 1.82) is 0 Å². The normalized spacial score (nSPS) is 12.4. The fraction of sp³-hybridized carbons (Fsp3) is 0.143. The van der Waals surface area contributed by atoms with Crippen LogP contribution in [0.3, 0.4) is 0 Å². The summed E-state index contributed by atoms with van der Waals surface area (Å²) in [5.41, 5.74) is -0.292. The van der Waals surface area contributed by atoms with Crippen molar-refractivity contribution in [3.63, 3.8) is 0 Å². The number of halogens is 1. The SMILES string of the molecule is O=[N+]([O-])c1ccc(S(=O)(=O)CO[Cl+3](O)(O)O)cc1. The van der Waals surface area contributed by atoms with Gasteiger partial charge in [-0.1, -0.05) is 0 Å². The molecule has 1 rings (SSSR count). The van der Waals surface area contributed by atoms with Gasteiger partial charge in [0.05, 0.1) is 9.82 Å². The summed E-state index contributed by atoms with van der Waals surface area (Å²) >= 11 is 0. The van der Waals surface area contributed by atoms with Crippen molar-refractivity contribution in [2.45, 2.75) is 4.90 Å². The Kier molecular flexibility index (Phi) is 4.21. The number of nitrogens with zero attached hydrogens (tertiary/aromatic N) is 1. The fourth-order valence-corrected chi connectivity index (χ4v) is 2.60. The molecule has 0 aliphatic carbocycles. The highest BCUT2D eigenvalue weighted by Gasteiger charge is 2.51. The zero-order valence-corrected chi connectivity index (χ0v) is 10.2. The first kappa shape index (κ1) is 14.8. The summed E-state index contributed by atoms with van der Waals surface area (Å²) in [5, 5.41) is 10.4. The molecule has 0 bridgehead atoms. The maximum atomic E-state index is 11.5. The molecule has 1 aromatic carbocycles. The maximum absolute atomic E-state index is 11.5. The van der Waals surface area contributed by atoms with Crippen LogP contribution in [0.4, 0.5) is 5.69 Å². The first-order chi connectivity index (χ1) is 8.12. The van der Waals surface area contributed by atoms with Gasteiger partial charge in [-0.15, -0.1) is 0 Å². The summed E-state index contributed by atoms with van der Waals surface area (Å²) < 4.78 is 52.3. The predicted molar refractivity (Wildman–Crippen MR) is 52.9 cm³/mol. The number of hydrogen-bond acceptors (Lipinski definition) is 8. The quantitative estimate of drug-likeness (QED) is 0.470. The molecule has 0 saturated heterocycles. The van der Waals surface area contributed by atoms with Crippen LogP contribution in [0.15, 0.2) is 29.2 Å². The summed E-state index contributed by atoms with van der Waals surface area (Å²) in [6.07, 6.45) is 0. The summed E-state index contributed by atoms with van der Waals surface area (Å²) in [5.74, 6) is -1.18. The standard InChI is InChI=1S/C7H9ClNO8S/c10-8(11,12)17-5-18(15,16)7-3-1-6(2-4-7)9(13)14/h1-4,10-12H,5H2/q+3. The number of nitro groups is 1. The second-order valence-corrected chi connectivity index (χ2v) is 6.05. The lowest BCUT2D eigenvalue weighted by atomic mass is 10.3. The average molecular weight is 303 g/mol. The molecule has 9 nitrogen and oxygen atoms in total. The number of nitro benzene ring substituents is 1. The van der Waals surface area contributed by atoms with E-state index in [9.17, 15) is 18.5 Å². The molecule has 0 aliphatic heterocycles. The number of non-ortho nitro benzene ring substituents is 1. The molecule has 0 aliphatic rings. The molecule has 3 N–H and O–H groups in total. The van der Waals surface area contributed by atoms with Gasteiger partial charge < -0.3 is 0 Å². The third-order valence-corrected chi connectivity index (χ3v) is 3.70. The van der Waals surface area contributed by atoms with Crippen LogP contribution < -0.4 is 0 Å². The van der Waals surface area contributed by atoms with Crippen LogP contribution in [0.25, 0.3) is 0 Å². The van der Waals surface area contributed by atoms with Gasteiger partial charge >= 0.3 is 16.2 Å². The highest BCUT2D eigenvalue weighted by Crippen LogP contribution is 2.18. The van der Waals surface area contributed by atoms with Crippen molar-refractivity contribution in [1.82, 2.24) is 0 Å². The second-order valence-electron chi connectivity index (χ2n) is 3.03. The van der Waals surface area contributed by atoms with E-state index in [2.05, 4.69) is 4.29 Å². The van der Waals surface area contributed by atoms with Crippen molar-refractivity contribution in [3.05, 3.63) is 34.4 Å². The first-order valence-electron chi connectivity index (χ1n) is 4.19. The zero-order valence-electron chi connectivity index (χ0n) is 8.63. The minimum absolute atomic E-state index is 0.292. The molecular formula is C7H9ClNO8S+3. The van der Waals surface area contributed by atoms with Crippen LogP contribution in [-0.4, -0.2) is 33.3 Å². The summed E-state index contributed by atoms with van der Waals surface area (Å²) in [6, 6.07) is 3.89. The Morgan fingerprint density at radius 3 is 2.11 bits per heavy atom. The van der Waals surface area contributed by atoms with Crippen LogP contribution >= 0.6 is 0 Å². The fourth-order valence-electron chi connectivity index (χ4n) is 0.962. The molecule has 0 fully saturated rings. The largest absolute Gasteiger partial charge is 0.617 e. The van der Waals surface area contributed by atoms with Gasteiger partial charge in [0, 0.05) is 12.1 Å². The van der Waals surface area contributed by atoms with Crippen LogP contribution in [0.2, 0.25) is 0 Å². The van der Waals surface area contributed by atoms with Crippen LogP contribution in [0, 0.1) is 20.4 Å². The van der Waals surface area contributed by atoms with E-state index < -0.39 is 30.9 Å². The Bertz CT molecular complexity index is 534. The molecule has 100 valence electrons. The minimum atomic E-state index is -4.10. The topological polar surface area (TPSA) is 147 Å². The summed E-state index contributed by atoms with van der Waals surface area (Å²) in [7, 11) is -8.15. The Morgan fingerprint density at radius 1 is 1.22 bits per heavy atom. The monoisotopic (exact) mass is 302 g/mol. The third-order valence-electron chi connectivity index (χ3n) is 1.75. The van der Waals surface area contributed by atoms with E-state index in [0.717, 1.165) is 24.3 Å². The minimum Gasteiger partial charge on any atom is -0.258 e. The third kappa shape index (κ3) is 4.18. The predicted octanol–water partition coefficient (Wildman–Crippen LogP) is -0.864. The highest BCUT2D eigenvalue weighted by atomic mass is 35.7. The highest BCUT2D eigenvalue weighted by molar-refractivity contribution is 7.91. The lowest BCUT2D eigenvalue weighted by molar-refractivity contribution is -1.63. The van der Waals surface area contributed by atoms with E-state index >= 15 is 0 Å². The Morgan fingerprint density at radius 2 is 1.72 bits per heavy atom. The van der Waals surface area contributed by atoms with Gasteiger partial charge in [0.25, 0.3) is 5.69 Å². The van der Waals surface area contributed by atoms with Gasteiger partial charge in [-0.25, -0.2) is 8.42 Å². The number of benzene rings is 1. The lowest BCUT2D eigenvalue weighted by Gasteiger charge is -1.98. The van der Waals surface area contributed by atoms with Crippen molar-refractivity contribution < 1.29 is 41.9 Å². The molecule has 0 amide bonds. The summed E-state index contributed by atoms with van der Waals surface area (Å²) in [4.78, 5) is 9.34.